The number of hydrogen-bond donors (Lipinski definition) is 0. The third-order valence-electron chi connectivity index (χ3n) is 1.41. The number of hydrogen-bond acceptors (Lipinski definition) is 2. The normalized spacial score (nSPS) is 8.53. The molecule has 0 radical (unpaired) electrons. The van der Waals surface area contributed by atoms with Crippen LogP contribution >= 0.6 is 0 Å². The van der Waals surface area contributed by atoms with Crippen LogP contribution < -0.4 is 9.47 Å². The van der Waals surface area contributed by atoms with Crippen molar-refractivity contribution in [2.75, 3.05) is 14.2 Å². The number of methoxy groups -OCH3 is 2. The molecule has 1 aromatic rings. The Bertz CT molecular complexity index is 207. The summed E-state index contributed by atoms with van der Waals surface area (Å²) in [6.45, 7) is 8.24. The number of rotatable bonds is 2. The third kappa shape index (κ3) is 6.83. The molecule has 0 saturated heterocycles. The van der Waals surface area contributed by atoms with Gasteiger partial charge in [0.25, 0.3) is 0 Å². The van der Waals surface area contributed by atoms with Crippen molar-refractivity contribution in [2.45, 2.75) is 34.6 Å². The van der Waals surface area contributed by atoms with Crippen molar-refractivity contribution in [1.29, 1.82) is 0 Å². The maximum absolute atomic E-state index is 7.18. The second-order valence-electron chi connectivity index (χ2n) is 2.22. The first kappa shape index (κ1) is 13.8. The van der Waals surface area contributed by atoms with Crippen molar-refractivity contribution < 1.29 is 10.8 Å². The summed E-state index contributed by atoms with van der Waals surface area (Å²) in [5.74, 6) is 1.47. The van der Waals surface area contributed by atoms with E-state index < -0.39 is 0 Å². The summed E-state index contributed by atoms with van der Waals surface area (Å²) in [5.41, 5.74) is 0.895. The van der Waals surface area contributed by atoms with Crippen LogP contribution in [0.25, 0.3) is 0 Å². The topological polar surface area (TPSA) is 18.5 Å². The van der Waals surface area contributed by atoms with E-state index >= 15 is 0 Å². The Morgan fingerprint density at radius 1 is 0.867 bits per heavy atom. The van der Waals surface area contributed by atoms with Crippen LogP contribution in [0, 0.1) is 6.90 Å². The molecule has 2 heteroatoms. The van der Waals surface area contributed by atoms with Crippen LogP contribution in [-0.2, 0) is 0 Å². The van der Waals surface area contributed by atoms with Gasteiger partial charge in [-0.2, -0.15) is 0 Å². The van der Waals surface area contributed by atoms with Gasteiger partial charge >= 0.3 is 0 Å². The van der Waals surface area contributed by atoms with Gasteiger partial charge in [0.1, 0.15) is 11.5 Å². The van der Waals surface area contributed by atoms with Crippen LogP contribution in [-0.4, -0.2) is 14.2 Å². The van der Waals surface area contributed by atoms with Gasteiger partial charge in [0.05, 0.1) is 14.2 Å². The summed E-state index contributed by atoms with van der Waals surface area (Å²) in [7, 11) is 3.20. The van der Waals surface area contributed by atoms with E-state index in [9.17, 15) is 0 Å². The molecule has 0 heterocycles. The first-order valence-electron chi connectivity index (χ1n) is 6.02. The number of aryl methyl sites for hydroxylation is 1. The van der Waals surface area contributed by atoms with Crippen molar-refractivity contribution in [3.63, 3.8) is 0 Å². The van der Waals surface area contributed by atoms with Crippen LogP contribution in [0.3, 0.4) is 0 Å². The van der Waals surface area contributed by atoms with Gasteiger partial charge in [-0.3, -0.25) is 0 Å². The fraction of sp³-hybridized carbons (Fsp3) is 0.538. The second-order valence-corrected chi connectivity index (χ2v) is 2.22. The molecule has 0 atom stereocenters. The molecule has 0 spiro atoms. The Labute approximate surface area is 95.6 Å². The van der Waals surface area contributed by atoms with E-state index in [1.54, 1.807) is 20.3 Å². The molecule has 0 bridgehead atoms. The molecule has 0 aliphatic heterocycles. The van der Waals surface area contributed by atoms with Crippen molar-refractivity contribution in [3.05, 3.63) is 23.8 Å². The minimum atomic E-state index is 0.244. The monoisotopic (exact) mass is 214 g/mol. The molecule has 15 heavy (non-hydrogen) atoms. The highest BCUT2D eigenvalue weighted by atomic mass is 16.5. The number of benzene rings is 1. The van der Waals surface area contributed by atoms with Crippen molar-refractivity contribution in [3.8, 4) is 11.5 Å². The van der Waals surface area contributed by atoms with Crippen LogP contribution in [0.1, 0.15) is 34.6 Å². The van der Waals surface area contributed by atoms with Crippen LogP contribution in [0.5, 0.6) is 11.5 Å². The lowest BCUT2D eigenvalue weighted by molar-refractivity contribution is 0.394. The van der Waals surface area contributed by atoms with Crippen molar-refractivity contribution in [1.82, 2.24) is 0 Å². The highest BCUT2D eigenvalue weighted by Gasteiger charge is 1.96. The zero-order valence-electron chi connectivity index (χ0n) is 11.8. The van der Waals surface area contributed by atoms with Crippen LogP contribution in [0.2, 0.25) is 0 Å². The summed E-state index contributed by atoms with van der Waals surface area (Å²) >= 11 is 0. The zero-order valence-corrected chi connectivity index (χ0v) is 10.8. The van der Waals surface area contributed by atoms with Gasteiger partial charge in [0.15, 0.2) is 0 Å². The summed E-state index contributed by atoms with van der Waals surface area (Å²) in [6, 6.07) is 5.45. The minimum Gasteiger partial charge on any atom is -0.497 e. The molecule has 0 aliphatic carbocycles. The fourth-order valence-corrected chi connectivity index (χ4v) is 0.866. The quantitative estimate of drug-likeness (QED) is 0.739. The van der Waals surface area contributed by atoms with Gasteiger partial charge in [-0.25, -0.2) is 0 Å². The lowest BCUT2D eigenvalue weighted by Crippen LogP contribution is -1.87. The lowest BCUT2D eigenvalue weighted by atomic mass is 10.2. The Morgan fingerprint density at radius 3 is 1.53 bits per heavy atom. The van der Waals surface area contributed by atoms with Gasteiger partial charge in [-0.1, -0.05) is 27.7 Å². The van der Waals surface area contributed by atoms with Gasteiger partial charge in [0, 0.05) is 7.44 Å². The smallest absolute Gasteiger partial charge is 0.122 e. The predicted octanol–water partition coefficient (Wildman–Crippen LogP) is 4.06. The maximum atomic E-state index is 7.18. The van der Waals surface area contributed by atoms with E-state index in [-0.39, 0.29) is 6.90 Å². The minimum absolute atomic E-state index is 0.244. The van der Waals surface area contributed by atoms with E-state index in [2.05, 4.69) is 0 Å². The first-order chi connectivity index (χ1) is 7.80. The molecule has 0 unspecified atom stereocenters. The Kier molecular flexibility index (Phi) is 10.0. The summed E-state index contributed by atoms with van der Waals surface area (Å²) in [6.07, 6.45) is 0. The maximum Gasteiger partial charge on any atom is 0.122 e. The average molecular weight is 214 g/mol. The molecule has 88 valence electrons. The highest BCUT2D eigenvalue weighted by molar-refractivity contribution is 5.37. The molecule has 0 amide bonds. The summed E-state index contributed by atoms with van der Waals surface area (Å²) < 4.78 is 17.2. The Balaban J connectivity index is 0. The number of ether oxygens (including phenoxy) is 2. The molecule has 0 aromatic heterocycles. The van der Waals surface area contributed by atoms with Gasteiger partial charge < -0.3 is 9.47 Å². The van der Waals surface area contributed by atoms with E-state index in [0.29, 0.717) is 0 Å². The molecular weight excluding hydrogens is 188 g/mol. The zero-order chi connectivity index (χ0) is 13.0. The molecule has 0 saturated carbocycles. The van der Waals surface area contributed by atoms with Gasteiger partial charge in [-0.15, -0.1) is 0 Å². The molecule has 0 fully saturated rings. The van der Waals surface area contributed by atoms with E-state index in [4.69, 9.17) is 10.8 Å². The summed E-state index contributed by atoms with van der Waals surface area (Å²) in [5, 5.41) is 0. The SMILES string of the molecule is CC.CC.[3H]Cc1cc(OC)cc(OC)c1. The molecule has 0 N–H and O–H groups in total. The standard InChI is InChI=1S/C9H12O2.2C2H6/c1-7-4-8(10-2)6-9(5-7)11-3;2*1-2/h4-6H,1-3H3;2*1-2H3/i1T;;. The summed E-state index contributed by atoms with van der Waals surface area (Å²) in [4.78, 5) is 0. The Hall–Kier alpha value is -1.18. The van der Waals surface area contributed by atoms with Crippen LogP contribution in [0.15, 0.2) is 18.2 Å². The highest BCUT2D eigenvalue weighted by Crippen LogP contribution is 2.21. The third-order valence-corrected chi connectivity index (χ3v) is 1.41. The first-order valence-corrected chi connectivity index (χ1v) is 5.31. The average Bonchev–Trinajstić information content (AvgIpc) is 2.42. The van der Waals surface area contributed by atoms with Gasteiger partial charge in [-0.05, 0) is 24.6 Å². The van der Waals surface area contributed by atoms with Crippen LogP contribution in [0.4, 0.5) is 0 Å². The molecular formula is C13H24O2. The second kappa shape index (κ2) is 10.9. The predicted molar refractivity (Wildman–Crippen MR) is 67.0 cm³/mol. The molecule has 1 rings (SSSR count). The lowest BCUT2D eigenvalue weighted by Gasteiger charge is -2.04. The largest absolute Gasteiger partial charge is 0.497 e. The van der Waals surface area contributed by atoms with Gasteiger partial charge in [0.2, 0.25) is 0 Å². The van der Waals surface area contributed by atoms with E-state index in [1.165, 1.54) is 0 Å². The molecule has 1 aromatic carbocycles. The van der Waals surface area contributed by atoms with E-state index in [0.717, 1.165) is 17.1 Å². The molecule has 2 nitrogen and oxygen atoms in total. The molecule has 0 aliphatic rings. The van der Waals surface area contributed by atoms with E-state index in [1.807, 2.05) is 39.8 Å². The van der Waals surface area contributed by atoms with Crippen molar-refractivity contribution in [2.24, 2.45) is 0 Å². The fourth-order valence-electron chi connectivity index (χ4n) is 0.866. The van der Waals surface area contributed by atoms with Crippen molar-refractivity contribution >= 4 is 0 Å². The Morgan fingerprint density at radius 2 is 1.27 bits per heavy atom.